The molecule has 1 fully saturated rings. The van der Waals surface area contributed by atoms with Crippen LogP contribution in [0.1, 0.15) is 24.2 Å². The van der Waals surface area contributed by atoms with E-state index < -0.39 is 0 Å². The Morgan fingerprint density at radius 1 is 1.53 bits per heavy atom. The van der Waals surface area contributed by atoms with Crippen LogP contribution in [-0.4, -0.2) is 31.6 Å². The van der Waals surface area contributed by atoms with E-state index >= 15 is 0 Å². The molecular formula is C13H16FNO2. The van der Waals surface area contributed by atoms with E-state index in [0.29, 0.717) is 30.9 Å². The molecule has 17 heavy (non-hydrogen) atoms. The summed E-state index contributed by atoms with van der Waals surface area (Å²) in [6, 6.07) is 4.64. The van der Waals surface area contributed by atoms with Crippen molar-refractivity contribution in [2.24, 2.45) is 0 Å². The quantitative estimate of drug-likeness (QED) is 0.739. The van der Waals surface area contributed by atoms with E-state index in [0.717, 1.165) is 0 Å². The first-order valence-electron chi connectivity index (χ1n) is 5.75. The summed E-state index contributed by atoms with van der Waals surface area (Å²) < 4.78 is 19.3. The van der Waals surface area contributed by atoms with Crippen LogP contribution >= 0.6 is 0 Å². The Morgan fingerprint density at radius 3 is 2.88 bits per heavy atom. The molecule has 0 spiro atoms. The molecule has 1 aromatic rings. The standard InChI is InChI=1S/C13H16FNO2/c1-9-8-15(5-6-17-9)13-4-3-11(10(2)16)7-12(13)14/h3-4,7,9H,5-6,8H2,1-2H3/t9-/m0/s1. The molecule has 1 atom stereocenters. The third kappa shape index (κ3) is 2.64. The Morgan fingerprint density at radius 2 is 2.29 bits per heavy atom. The molecule has 0 radical (unpaired) electrons. The molecule has 1 saturated heterocycles. The summed E-state index contributed by atoms with van der Waals surface area (Å²) in [6.45, 7) is 5.37. The summed E-state index contributed by atoms with van der Waals surface area (Å²) in [5.41, 5.74) is 0.956. The highest BCUT2D eigenvalue weighted by atomic mass is 19.1. The second-order valence-corrected chi connectivity index (χ2v) is 4.35. The minimum absolute atomic E-state index is 0.107. The van der Waals surface area contributed by atoms with E-state index in [4.69, 9.17) is 4.74 Å². The lowest BCUT2D eigenvalue weighted by molar-refractivity contribution is 0.0530. The number of ether oxygens (including phenoxy) is 1. The monoisotopic (exact) mass is 237 g/mol. The van der Waals surface area contributed by atoms with Crippen molar-refractivity contribution in [2.45, 2.75) is 20.0 Å². The van der Waals surface area contributed by atoms with Gasteiger partial charge >= 0.3 is 0 Å². The number of nitrogens with zero attached hydrogens (tertiary/aromatic N) is 1. The van der Waals surface area contributed by atoms with Crippen LogP contribution < -0.4 is 4.90 Å². The number of rotatable bonds is 2. The molecule has 0 N–H and O–H groups in total. The van der Waals surface area contributed by atoms with Crippen molar-refractivity contribution < 1.29 is 13.9 Å². The highest BCUT2D eigenvalue weighted by Crippen LogP contribution is 2.22. The average molecular weight is 237 g/mol. The summed E-state index contributed by atoms with van der Waals surface area (Å²) in [4.78, 5) is 13.1. The molecule has 4 heteroatoms. The molecule has 0 amide bonds. The molecule has 3 nitrogen and oxygen atoms in total. The van der Waals surface area contributed by atoms with Gasteiger partial charge in [0.15, 0.2) is 5.78 Å². The number of morpholine rings is 1. The van der Waals surface area contributed by atoms with Gasteiger partial charge in [-0.2, -0.15) is 0 Å². The molecule has 0 aromatic heterocycles. The van der Waals surface area contributed by atoms with Gasteiger partial charge in [0.2, 0.25) is 0 Å². The van der Waals surface area contributed by atoms with Gasteiger partial charge in [-0.05, 0) is 32.0 Å². The van der Waals surface area contributed by atoms with Crippen molar-refractivity contribution in [3.05, 3.63) is 29.6 Å². The largest absolute Gasteiger partial charge is 0.375 e. The Kier molecular flexibility index (Phi) is 3.43. The van der Waals surface area contributed by atoms with Gasteiger partial charge in [0, 0.05) is 18.7 Å². The third-order valence-electron chi connectivity index (χ3n) is 2.94. The summed E-state index contributed by atoms with van der Waals surface area (Å²) in [6.07, 6.45) is 0.107. The third-order valence-corrected chi connectivity index (χ3v) is 2.94. The first-order valence-corrected chi connectivity index (χ1v) is 5.75. The smallest absolute Gasteiger partial charge is 0.159 e. The van der Waals surface area contributed by atoms with Crippen molar-refractivity contribution >= 4 is 11.5 Å². The number of anilines is 1. The van der Waals surface area contributed by atoms with Gasteiger partial charge in [0.1, 0.15) is 5.82 Å². The van der Waals surface area contributed by atoms with Crippen LogP contribution in [0.2, 0.25) is 0 Å². The average Bonchev–Trinajstić information content (AvgIpc) is 2.28. The van der Waals surface area contributed by atoms with Crippen LogP contribution in [0.3, 0.4) is 0 Å². The molecule has 0 bridgehead atoms. The van der Waals surface area contributed by atoms with Crippen molar-refractivity contribution in [1.82, 2.24) is 0 Å². The Balaban J connectivity index is 2.23. The zero-order chi connectivity index (χ0) is 12.4. The molecule has 1 heterocycles. The minimum Gasteiger partial charge on any atom is -0.375 e. The van der Waals surface area contributed by atoms with Gasteiger partial charge in [-0.3, -0.25) is 4.79 Å². The highest BCUT2D eigenvalue weighted by molar-refractivity contribution is 5.94. The Labute approximate surface area is 100 Å². The molecule has 0 aliphatic carbocycles. The number of hydrogen-bond acceptors (Lipinski definition) is 3. The summed E-state index contributed by atoms with van der Waals surface area (Å²) in [7, 11) is 0. The maximum absolute atomic E-state index is 13.9. The second-order valence-electron chi connectivity index (χ2n) is 4.35. The molecule has 0 saturated carbocycles. The molecule has 2 rings (SSSR count). The van der Waals surface area contributed by atoms with E-state index in [1.54, 1.807) is 12.1 Å². The number of hydrogen-bond donors (Lipinski definition) is 0. The Bertz CT molecular complexity index is 433. The number of Topliss-reactive ketones (excluding diaryl/α,β-unsaturated/α-hetero) is 1. The van der Waals surface area contributed by atoms with Gasteiger partial charge in [0.05, 0.1) is 18.4 Å². The summed E-state index contributed by atoms with van der Waals surface area (Å²) in [5.74, 6) is -0.461. The zero-order valence-corrected chi connectivity index (χ0v) is 10.1. The van der Waals surface area contributed by atoms with Gasteiger partial charge in [-0.1, -0.05) is 0 Å². The maximum atomic E-state index is 13.9. The number of halogens is 1. The number of carbonyl (C=O) groups excluding carboxylic acids is 1. The van der Waals surface area contributed by atoms with E-state index in [9.17, 15) is 9.18 Å². The van der Waals surface area contributed by atoms with Crippen LogP contribution in [-0.2, 0) is 4.74 Å². The zero-order valence-electron chi connectivity index (χ0n) is 10.1. The van der Waals surface area contributed by atoms with Crippen LogP contribution in [0.5, 0.6) is 0 Å². The fraction of sp³-hybridized carbons (Fsp3) is 0.462. The first-order chi connectivity index (χ1) is 8.08. The lowest BCUT2D eigenvalue weighted by Crippen LogP contribution is -2.41. The predicted molar refractivity (Wildman–Crippen MR) is 64.0 cm³/mol. The van der Waals surface area contributed by atoms with E-state index in [2.05, 4.69) is 0 Å². The first kappa shape index (κ1) is 12.0. The molecule has 1 aliphatic heterocycles. The maximum Gasteiger partial charge on any atom is 0.159 e. The number of carbonyl (C=O) groups is 1. The minimum atomic E-state index is -0.341. The highest BCUT2D eigenvalue weighted by Gasteiger charge is 2.19. The topological polar surface area (TPSA) is 29.5 Å². The lowest BCUT2D eigenvalue weighted by Gasteiger charge is -2.33. The van der Waals surface area contributed by atoms with Crippen LogP contribution in [0.25, 0.3) is 0 Å². The number of benzene rings is 1. The SMILES string of the molecule is CC(=O)c1ccc(N2CCO[C@@H](C)C2)c(F)c1. The predicted octanol–water partition coefficient (Wildman–Crippen LogP) is 2.25. The fourth-order valence-electron chi connectivity index (χ4n) is 2.02. The summed E-state index contributed by atoms with van der Waals surface area (Å²) >= 11 is 0. The second kappa shape index (κ2) is 4.84. The van der Waals surface area contributed by atoms with Crippen molar-refractivity contribution in [3.63, 3.8) is 0 Å². The van der Waals surface area contributed by atoms with Crippen LogP contribution in [0.4, 0.5) is 10.1 Å². The van der Waals surface area contributed by atoms with Crippen LogP contribution in [0.15, 0.2) is 18.2 Å². The molecule has 1 aromatic carbocycles. The number of ketones is 1. The van der Waals surface area contributed by atoms with Crippen molar-refractivity contribution in [1.29, 1.82) is 0 Å². The van der Waals surface area contributed by atoms with Crippen molar-refractivity contribution in [3.8, 4) is 0 Å². The molecule has 92 valence electrons. The van der Waals surface area contributed by atoms with Gasteiger partial charge in [0.25, 0.3) is 0 Å². The van der Waals surface area contributed by atoms with Crippen LogP contribution in [0, 0.1) is 5.82 Å². The fourth-order valence-corrected chi connectivity index (χ4v) is 2.02. The van der Waals surface area contributed by atoms with Gasteiger partial charge in [-0.25, -0.2) is 4.39 Å². The molecule has 1 aliphatic rings. The van der Waals surface area contributed by atoms with Gasteiger partial charge < -0.3 is 9.64 Å². The lowest BCUT2D eigenvalue weighted by atomic mass is 10.1. The molecule has 0 unspecified atom stereocenters. The van der Waals surface area contributed by atoms with E-state index in [-0.39, 0.29) is 17.7 Å². The van der Waals surface area contributed by atoms with Crippen molar-refractivity contribution in [2.75, 3.05) is 24.6 Å². The Hall–Kier alpha value is -1.42. The summed E-state index contributed by atoms with van der Waals surface area (Å²) in [5, 5.41) is 0. The molecular weight excluding hydrogens is 221 g/mol. The van der Waals surface area contributed by atoms with Gasteiger partial charge in [-0.15, -0.1) is 0 Å². The van der Waals surface area contributed by atoms with E-state index in [1.807, 2.05) is 11.8 Å². The van der Waals surface area contributed by atoms with E-state index in [1.165, 1.54) is 13.0 Å². The normalized spacial score (nSPS) is 20.4.